The van der Waals surface area contributed by atoms with Gasteiger partial charge in [0.25, 0.3) is 5.56 Å². The summed E-state index contributed by atoms with van der Waals surface area (Å²) in [6.45, 7) is 4.49. The zero-order valence-corrected chi connectivity index (χ0v) is 26.0. The van der Waals surface area contributed by atoms with E-state index < -0.39 is 23.0 Å². The van der Waals surface area contributed by atoms with Crippen molar-refractivity contribution in [3.63, 3.8) is 0 Å². The van der Waals surface area contributed by atoms with Crippen LogP contribution in [0.1, 0.15) is 62.6 Å². The number of carbonyl (C=O) groups excluding carboxylic acids is 3. The fourth-order valence-corrected chi connectivity index (χ4v) is 5.97. The Hall–Kier alpha value is -5.04. The number of halogens is 2. The highest BCUT2D eigenvalue weighted by atomic mass is 19.2. The minimum atomic E-state index is -1.03. The first-order valence-electron chi connectivity index (χ1n) is 15.6. The van der Waals surface area contributed by atoms with Crippen LogP contribution < -0.4 is 10.5 Å². The highest BCUT2D eigenvalue weighted by Gasteiger charge is 2.29. The maximum Gasteiger partial charge on any atom is 0.280 e. The molecular weight excluding hydrogens is 608 g/mol. The van der Waals surface area contributed by atoms with Crippen LogP contribution in [0.25, 0.3) is 0 Å². The highest BCUT2D eigenvalue weighted by molar-refractivity contribution is 5.98. The van der Waals surface area contributed by atoms with E-state index in [1.54, 1.807) is 4.90 Å². The number of benzene rings is 2. The second-order valence-electron chi connectivity index (χ2n) is 12.0. The molecule has 0 aliphatic carbocycles. The predicted molar refractivity (Wildman–Crippen MR) is 169 cm³/mol. The second-order valence-corrected chi connectivity index (χ2v) is 12.0. The summed E-state index contributed by atoms with van der Waals surface area (Å²) < 4.78 is 28.0. The summed E-state index contributed by atoms with van der Waals surface area (Å²) in [5, 5.41) is 7.32. The van der Waals surface area contributed by atoms with Crippen molar-refractivity contribution in [1.29, 1.82) is 0 Å². The van der Waals surface area contributed by atoms with Gasteiger partial charge in [0.05, 0.1) is 30.9 Å². The summed E-state index contributed by atoms with van der Waals surface area (Å²) in [6.07, 6.45) is 3.04. The fourth-order valence-electron chi connectivity index (χ4n) is 5.97. The lowest BCUT2D eigenvalue weighted by Gasteiger charge is -2.34. The number of amides is 1. The number of Topliss-reactive ketones (excluding diaryl/α,β-unsaturated/α-hetero) is 2. The molecule has 1 N–H and O–H groups in total. The first-order chi connectivity index (χ1) is 22.7. The number of carbonyl (C=O) groups is 3. The van der Waals surface area contributed by atoms with Gasteiger partial charge in [0.2, 0.25) is 5.91 Å². The number of rotatable bonds is 11. The molecule has 1 saturated heterocycles. The van der Waals surface area contributed by atoms with Crippen LogP contribution in [0, 0.1) is 11.6 Å². The van der Waals surface area contributed by atoms with Gasteiger partial charge in [-0.3, -0.25) is 24.3 Å². The van der Waals surface area contributed by atoms with Crippen molar-refractivity contribution in [2.75, 3.05) is 38.1 Å². The van der Waals surface area contributed by atoms with Crippen molar-refractivity contribution in [3.05, 3.63) is 111 Å². The van der Waals surface area contributed by atoms with E-state index in [0.717, 1.165) is 55.3 Å². The summed E-state index contributed by atoms with van der Waals surface area (Å²) in [4.78, 5) is 62.0. The molecule has 4 aromatic rings. The number of H-pyrrole nitrogens is 1. The molecular formula is C34H35F2N7O4. The van der Waals surface area contributed by atoms with Crippen LogP contribution in [0.5, 0.6) is 0 Å². The molecule has 2 aliphatic rings. The van der Waals surface area contributed by atoms with Crippen molar-refractivity contribution >= 4 is 23.2 Å². The third-order valence-corrected chi connectivity index (χ3v) is 8.78. The van der Waals surface area contributed by atoms with Gasteiger partial charge in [0.1, 0.15) is 0 Å². The molecule has 1 fully saturated rings. The number of fused-ring (bicyclic) bond motifs is 1. The largest absolute Gasteiger partial charge is 0.369 e. The summed E-state index contributed by atoms with van der Waals surface area (Å²) in [7, 11) is 2.11. The Bertz CT molecular complexity index is 1860. The minimum absolute atomic E-state index is 0.0501. The molecule has 13 heteroatoms. The van der Waals surface area contributed by atoms with Crippen molar-refractivity contribution in [1.82, 2.24) is 29.5 Å². The summed E-state index contributed by atoms with van der Waals surface area (Å²) in [5.74, 6) is -2.73. The number of anilines is 1. The number of hydrogen-bond donors (Lipinski definition) is 1. The maximum absolute atomic E-state index is 13.6. The van der Waals surface area contributed by atoms with Gasteiger partial charge in [-0.25, -0.2) is 13.8 Å². The van der Waals surface area contributed by atoms with Crippen LogP contribution >= 0.6 is 0 Å². The van der Waals surface area contributed by atoms with Crippen molar-refractivity contribution in [2.45, 2.75) is 45.3 Å². The van der Waals surface area contributed by atoms with Crippen LogP contribution in [0.3, 0.4) is 0 Å². The van der Waals surface area contributed by atoms with E-state index in [-0.39, 0.29) is 49.6 Å². The topological polar surface area (TPSA) is 124 Å². The van der Waals surface area contributed by atoms with Gasteiger partial charge < -0.3 is 19.3 Å². The summed E-state index contributed by atoms with van der Waals surface area (Å²) >= 11 is 0. The average molecular weight is 644 g/mol. The Labute approximate surface area is 269 Å². The Kier molecular flexibility index (Phi) is 9.34. The lowest BCUT2D eigenvalue weighted by molar-refractivity contribution is -0.131. The molecule has 0 spiro atoms. The van der Waals surface area contributed by atoms with Gasteiger partial charge in [-0.2, -0.15) is 5.10 Å². The molecule has 0 bridgehead atoms. The van der Waals surface area contributed by atoms with E-state index in [0.29, 0.717) is 29.9 Å². The van der Waals surface area contributed by atoms with Crippen molar-refractivity contribution in [3.8, 4) is 0 Å². The van der Waals surface area contributed by atoms with E-state index in [4.69, 9.17) is 0 Å². The van der Waals surface area contributed by atoms with E-state index in [1.165, 1.54) is 23.0 Å². The van der Waals surface area contributed by atoms with E-state index in [1.807, 2.05) is 24.3 Å². The van der Waals surface area contributed by atoms with Crippen LogP contribution in [0.15, 0.2) is 59.7 Å². The van der Waals surface area contributed by atoms with Gasteiger partial charge in [-0.15, -0.1) is 0 Å². The minimum Gasteiger partial charge on any atom is -0.369 e. The van der Waals surface area contributed by atoms with Crippen LogP contribution in [0.4, 0.5) is 14.5 Å². The molecule has 0 atom stereocenters. The number of likely N-dealkylation sites (N-methyl/N-ethyl adjacent to an activating group) is 1. The SMILES string of the molecule is CN1CCN(c2ccc(C(=O)Cc3n[nH]c4c3CN(C(=O)CCCC(=O)c3nccn(Cc5ccc(F)c(F)c5)c3=O)C4)cc2)CC1. The summed E-state index contributed by atoms with van der Waals surface area (Å²) in [5.41, 5.74) is 3.40. The third-order valence-electron chi connectivity index (χ3n) is 8.78. The van der Waals surface area contributed by atoms with Crippen LogP contribution in [0.2, 0.25) is 0 Å². The number of nitrogens with one attached hydrogen (secondary N) is 1. The normalized spacial score (nSPS) is 14.8. The molecule has 0 saturated carbocycles. The van der Waals surface area contributed by atoms with E-state index >= 15 is 0 Å². The Balaban J connectivity index is 0.992. The van der Waals surface area contributed by atoms with Crippen molar-refractivity contribution in [2.24, 2.45) is 0 Å². The number of aromatic amines is 1. The highest BCUT2D eigenvalue weighted by Crippen LogP contribution is 2.26. The molecule has 244 valence electrons. The average Bonchev–Trinajstić information content (AvgIpc) is 3.66. The van der Waals surface area contributed by atoms with Crippen LogP contribution in [-0.4, -0.2) is 80.2 Å². The number of nitrogens with zero attached hydrogens (tertiary/aromatic N) is 6. The van der Waals surface area contributed by atoms with Gasteiger partial charge in [0.15, 0.2) is 28.9 Å². The third kappa shape index (κ3) is 7.19. The molecule has 0 radical (unpaired) electrons. The quantitative estimate of drug-likeness (QED) is 0.247. The molecule has 1 amide bonds. The molecule has 11 nitrogen and oxygen atoms in total. The van der Waals surface area contributed by atoms with Crippen LogP contribution in [-0.2, 0) is 30.8 Å². The Morgan fingerprint density at radius 3 is 2.43 bits per heavy atom. The zero-order chi connectivity index (χ0) is 33.1. The van der Waals surface area contributed by atoms with E-state index in [9.17, 15) is 28.0 Å². The van der Waals surface area contributed by atoms with Gasteiger partial charge in [-0.05, 0) is 55.4 Å². The predicted octanol–water partition coefficient (Wildman–Crippen LogP) is 3.37. The summed E-state index contributed by atoms with van der Waals surface area (Å²) in [6, 6.07) is 11.0. The number of hydrogen-bond acceptors (Lipinski definition) is 8. The first kappa shape index (κ1) is 31.9. The molecule has 47 heavy (non-hydrogen) atoms. The lowest BCUT2D eigenvalue weighted by Crippen LogP contribution is -2.44. The smallest absolute Gasteiger partial charge is 0.280 e. The number of ketones is 2. The molecule has 4 heterocycles. The maximum atomic E-state index is 13.6. The molecule has 0 unspecified atom stereocenters. The molecule has 2 aliphatic heterocycles. The van der Waals surface area contributed by atoms with Crippen molar-refractivity contribution < 1.29 is 23.2 Å². The molecule has 2 aromatic heterocycles. The lowest BCUT2D eigenvalue weighted by atomic mass is 10.0. The first-order valence-corrected chi connectivity index (χ1v) is 15.6. The zero-order valence-electron chi connectivity index (χ0n) is 26.0. The Morgan fingerprint density at radius 2 is 1.68 bits per heavy atom. The fraction of sp³-hybridized carbons (Fsp3) is 0.353. The van der Waals surface area contributed by atoms with E-state index in [2.05, 4.69) is 32.0 Å². The standard InChI is InChI=1S/C34H35F2N7O4/c1-40-13-15-41(16-14-40)24-8-6-23(7-9-24)31(45)18-28-25-20-43(21-29(25)39-38-28)32(46)4-2-3-30(44)33-34(47)42(12-11-37-33)19-22-5-10-26(35)27(36)17-22/h5-12,17H,2-4,13-16,18-21H2,1H3,(H,38,39). The second kappa shape index (κ2) is 13.8. The molecule has 6 rings (SSSR count). The van der Waals surface area contributed by atoms with Gasteiger partial charge in [-0.1, -0.05) is 6.07 Å². The van der Waals surface area contributed by atoms with Gasteiger partial charge >= 0.3 is 0 Å². The Morgan fingerprint density at radius 1 is 0.915 bits per heavy atom. The number of piperazine rings is 1. The molecule has 2 aromatic carbocycles. The van der Waals surface area contributed by atoms with Gasteiger partial charge in [0, 0.05) is 74.8 Å². The number of aromatic nitrogens is 4. The monoisotopic (exact) mass is 643 g/mol.